The zero-order valence-electron chi connectivity index (χ0n) is 12.5. The summed E-state index contributed by atoms with van der Waals surface area (Å²) in [5.74, 6) is 5.80. The van der Waals surface area contributed by atoms with Crippen LogP contribution < -0.4 is 0 Å². The highest BCUT2D eigenvalue weighted by molar-refractivity contribution is 5.96. The molecule has 1 aromatic rings. The summed E-state index contributed by atoms with van der Waals surface area (Å²) >= 11 is 0. The maximum Gasteiger partial charge on any atom is 0.255 e. The summed E-state index contributed by atoms with van der Waals surface area (Å²) in [6.45, 7) is 0.0263. The van der Waals surface area contributed by atoms with E-state index in [-0.39, 0.29) is 12.5 Å². The average molecular weight is 286 g/mol. The summed E-state index contributed by atoms with van der Waals surface area (Å²) in [4.78, 5) is 18.6. The summed E-state index contributed by atoms with van der Waals surface area (Å²) < 4.78 is 0. The highest BCUT2D eigenvalue weighted by Gasteiger charge is 2.24. The minimum absolute atomic E-state index is 0.0117. The SMILES string of the molecule is CN(C(=O)c1ccncc1C#CCCO)C1CCCCC1. The molecule has 0 saturated heterocycles. The van der Waals surface area contributed by atoms with Crippen molar-refractivity contribution in [3.05, 3.63) is 29.6 Å². The zero-order valence-corrected chi connectivity index (χ0v) is 12.5. The molecule has 4 heteroatoms. The van der Waals surface area contributed by atoms with Gasteiger partial charge in [0.2, 0.25) is 0 Å². The molecule has 1 fully saturated rings. The van der Waals surface area contributed by atoms with Gasteiger partial charge >= 0.3 is 0 Å². The Morgan fingerprint density at radius 3 is 2.90 bits per heavy atom. The summed E-state index contributed by atoms with van der Waals surface area (Å²) in [5, 5.41) is 8.79. The predicted molar refractivity (Wildman–Crippen MR) is 81.8 cm³/mol. The van der Waals surface area contributed by atoms with Crippen LogP contribution in [0.1, 0.15) is 54.4 Å². The van der Waals surface area contributed by atoms with Gasteiger partial charge in [-0.2, -0.15) is 0 Å². The van der Waals surface area contributed by atoms with Gasteiger partial charge < -0.3 is 10.0 Å². The Kier molecular flexibility index (Phi) is 5.77. The number of amides is 1. The van der Waals surface area contributed by atoms with Crippen LogP contribution in [-0.4, -0.2) is 40.6 Å². The van der Waals surface area contributed by atoms with Gasteiger partial charge in [0.25, 0.3) is 5.91 Å². The second-order valence-corrected chi connectivity index (χ2v) is 5.40. The molecule has 112 valence electrons. The van der Waals surface area contributed by atoms with Gasteiger partial charge in [0.05, 0.1) is 17.7 Å². The topological polar surface area (TPSA) is 53.4 Å². The third-order valence-electron chi connectivity index (χ3n) is 3.95. The number of carbonyl (C=O) groups is 1. The molecule has 1 saturated carbocycles. The monoisotopic (exact) mass is 286 g/mol. The Morgan fingerprint density at radius 1 is 1.43 bits per heavy atom. The van der Waals surface area contributed by atoms with Crippen molar-refractivity contribution in [1.82, 2.24) is 9.88 Å². The summed E-state index contributed by atoms with van der Waals surface area (Å²) in [6.07, 6.45) is 9.47. The smallest absolute Gasteiger partial charge is 0.255 e. The second-order valence-electron chi connectivity index (χ2n) is 5.40. The fourth-order valence-corrected chi connectivity index (χ4v) is 2.72. The van der Waals surface area contributed by atoms with Crippen LogP contribution in [0.4, 0.5) is 0 Å². The number of aliphatic hydroxyl groups is 1. The molecular formula is C17H22N2O2. The third-order valence-corrected chi connectivity index (χ3v) is 3.95. The Balaban J connectivity index is 2.16. The van der Waals surface area contributed by atoms with Crippen LogP contribution in [0, 0.1) is 11.8 Å². The Morgan fingerprint density at radius 2 is 2.19 bits per heavy atom. The van der Waals surface area contributed by atoms with Crippen LogP contribution in [-0.2, 0) is 0 Å². The van der Waals surface area contributed by atoms with Crippen LogP contribution in [0.3, 0.4) is 0 Å². The van der Waals surface area contributed by atoms with Crippen LogP contribution in [0.5, 0.6) is 0 Å². The molecule has 1 aromatic heterocycles. The molecule has 1 aliphatic rings. The largest absolute Gasteiger partial charge is 0.395 e. The van der Waals surface area contributed by atoms with Crippen molar-refractivity contribution in [3.8, 4) is 11.8 Å². The molecule has 0 bridgehead atoms. The molecule has 0 aliphatic heterocycles. The Labute approximate surface area is 126 Å². The molecule has 0 spiro atoms. The van der Waals surface area contributed by atoms with Crippen molar-refractivity contribution in [2.75, 3.05) is 13.7 Å². The number of hydrogen-bond acceptors (Lipinski definition) is 3. The van der Waals surface area contributed by atoms with E-state index >= 15 is 0 Å². The molecule has 0 atom stereocenters. The first-order chi connectivity index (χ1) is 10.2. The number of hydrogen-bond donors (Lipinski definition) is 1. The first-order valence-corrected chi connectivity index (χ1v) is 7.55. The highest BCUT2D eigenvalue weighted by Crippen LogP contribution is 2.23. The lowest BCUT2D eigenvalue weighted by atomic mass is 9.94. The van der Waals surface area contributed by atoms with E-state index in [4.69, 9.17) is 5.11 Å². The van der Waals surface area contributed by atoms with Crippen molar-refractivity contribution >= 4 is 5.91 Å². The molecule has 1 heterocycles. The number of pyridine rings is 1. The van der Waals surface area contributed by atoms with E-state index in [1.165, 1.54) is 19.3 Å². The molecule has 0 unspecified atom stereocenters. The standard InChI is InChI=1S/C17H22N2O2/c1-19(15-8-3-2-4-9-15)17(21)16-10-11-18-13-14(16)7-5-6-12-20/h10-11,13,15,20H,2-4,6,8-9,12H2,1H3. The van der Waals surface area contributed by atoms with Gasteiger partial charge in [0, 0.05) is 31.9 Å². The van der Waals surface area contributed by atoms with Gasteiger partial charge in [-0.15, -0.1) is 0 Å². The Bertz CT molecular complexity index is 539. The number of carbonyl (C=O) groups excluding carboxylic acids is 1. The zero-order chi connectivity index (χ0) is 15.1. The number of aromatic nitrogens is 1. The quantitative estimate of drug-likeness (QED) is 0.867. The normalized spacial score (nSPS) is 15.1. The molecule has 21 heavy (non-hydrogen) atoms. The van der Waals surface area contributed by atoms with E-state index in [0.29, 0.717) is 23.6 Å². The second kappa shape index (κ2) is 7.80. The first-order valence-electron chi connectivity index (χ1n) is 7.55. The van der Waals surface area contributed by atoms with Crippen molar-refractivity contribution < 1.29 is 9.90 Å². The minimum Gasteiger partial charge on any atom is -0.395 e. The van der Waals surface area contributed by atoms with Gasteiger partial charge in [-0.25, -0.2) is 0 Å². The lowest BCUT2D eigenvalue weighted by Gasteiger charge is -2.31. The minimum atomic E-state index is 0.0117. The maximum absolute atomic E-state index is 12.7. The molecule has 0 aromatic carbocycles. The molecule has 2 rings (SSSR count). The first kappa shape index (κ1) is 15.5. The van der Waals surface area contributed by atoms with E-state index in [2.05, 4.69) is 16.8 Å². The summed E-state index contributed by atoms with van der Waals surface area (Å²) in [6, 6.07) is 2.06. The van der Waals surface area contributed by atoms with Crippen LogP contribution in [0.2, 0.25) is 0 Å². The van der Waals surface area contributed by atoms with Crippen molar-refractivity contribution in [1.29, 1.82) is 0 Å². The molecule has 0 radical (unpaired) electrons. The number of aliphatic hydroxyl groups excluding tert-OH is 1. The van der Waals surface area contributed by atoms with Gasteiger partial charge in [-0.1, -0.05) is 31.1 Å². The van der Waals surface area contributed by atoms with Crippen molar-refractivity contribution in [2.24, 2.45) is 0 Å². The van der Waals surface area contributed by atoms with Crippen LogP contribution in [0.15, 0.2) is 18.5 Å². The lowest BCUT2D eigenvalue weighted by molar-refractivity contribution is 0.0696. The van der Waals surface area contributed by atoms with Crippen LogP contribution >= 0.6 is 0 Å². The van der Waals surface area contributed by atoms with Gasteiger partial charge in [0.15, 0.2) is 0 Å². The number of rotatable bonds is 3. The predicted octanol–water partition coefficient (Wildman–Crippen LogP) is 2.22. The molecule has 4 nitrogen and oxygen atoms in total. The average Bonchev–Trinajstić information content (AvgIpc) is 2.55. The van der Waals surface area contributed by atoms with E-state index in [9.17, 15) is 4.79 Å². The van der Waals surface area contributed by atoms with E-state index < -0.39 is 0 Å². The Hall–Kier alpha value is -1.86. The molecule has 1 amide bonds. The lowest BCUT2D eigenvalue weighted by Crippen LogP contribution is -2.38. The van der Waals surface area contributed by atoms with Gasteiger partial charge in [-0.3, -0.25) is 9.78 Å². The fourth-order valence-electron chi connectivity index (χ4n) is 2.72. The van der Waals surface area contributed by atoms with Gasteiger partial charge in [0.1, 0.15) is 0 Å². The van der Waals surface area contributed by atoms with Gasteiger partial charge in [-0.05, 0) is 18.9 Å². The summed E-state index contributed by atoms with van der Waals surface area (Å²) in [5.41, 5.74) is 1.24. The van der Waals surface area contributed by atoms with E-state index in [1.54, 1.807) is 18.5 Å². The molecule has 1 N–H and O–H groups in total. The molecule has 1 aliphatic carbocycles. The number of nitrogens with zero attached hydrogens (tertiary/aromatic N) is 2. The third kappa shape index (κ3) is 4.05. The van der Waals surface area contributed by atoms with E-state index in [0.717, 1.165) is 12.8 Å². The van der Waals surface area contributed by atoms with E-state index in [1.807, 2.05) is 11.9 Å². The highest BCUT2D eigenvalue weighted by atomic mass is 16.2. The van der Waals surface area contributed by atoms with Crippen LogP contribution in [0.25, 0.3) is 0 Å². The maximum atomic E-state index is 12.7. The van der Waals surface area contributed by atoms with Crippen molar-refractivity contribution in [3.63, 3.8) is 0 Å². The fraction of sp³-hybridized carbons (Fsp3) is 0.529. The van der Waals surface area contributed by atoms with Crippen molar-refractivity contribution in [2.45, 2.75) is 44.6 Å². The summed E-state index contributed by atoms with van der Waals surface area (Å²) in [7, 11) is 1.88. The molecular weight excluding hydrogens is 264 g/mol.